The maximum Gasteiger partial charge on any atom is 0.234 e. The van der Waals surface area contributed by atoms with E-state index < -0.39 is 0 Å². The highest BCUT2D eigenvalue weighted by Gasteiger charge is 2.14. The molecule has 6 heteroatoms. The molecule has 0 aliphatic rings. The summed E-state index contributed by atoms with van der Waals surface area (Å²) in [5.74, 6) is 1.22. The molecule has 0 aliphatic carbocycles. The van der Waals surface area contributed by atoms with Crippen LogP contribution in [0.1, 0.15) is 25.6 Å². The van der Waals surface area contributed by atoms with Gasteiger partial charge in [0.2, 0.25) is 4.96 Å². The molecule has 3 aromatic rings. The van der Waals surface area contributed by atoms with Gasteiger partial charge in [0.05, 0.1) is 0 Å². The minimum atomic E-state index is 0.317. The summed E-state index contributed by atoms with van der Waals surface area (Å²) in [7, 11) is 0. The van der Waals surface area contributed by atoms with E-state index in [2.05, 4.69) is 34.1 Å². The van der Waals surface area contributed by atoms with E-state index in [1.807, 2.05) is 16.6 Å². The van der Waals surface area contributed by atoms with Crippen LogP contribution in [0.3, 0.4) is 0 Å². The van der Waals surface area contributed by atoms with Crippen LogP contribution < -0.4 is 0 Å². The lowest BCUT2D eigenvalue weighted by Crippen LogP contribution is -1.97. The summed E-state index contributed by atoms with van der Waals surface area (Å²) in [6.45, 7) is 4.17. The maximum atomic E-state index is 4.55. The first-order valence-electron chi connectivity index (χ1n) is 5.38. The molecule has 0 amide bonds. The maximum absolute atomic E-state index is 4.55. The molecule has 5 nitrogen and oxygen atoms in total. The topological polar surface area (TPSA) is 56.0 Å². The van der Waals surface area contributed by atoms with Crippen LogP contribution in [-0.4, -0.2) is 24.8 Å². The SMILES string of the molecule is CC(C)c1nnc2sc(-c3ccncc3)nn12. The van der Waals surface area contributed by atoms with Crippen molar-refractivity contribution in [3.63, 3.8) is 0 Å². The number of pyridine rings is 1. The summed E-state index contributed by atoms with van der Waals surface area (Å²) in [6, 6.07) is 3.89. The molecule has 86 valence electrons. The normalized spacial score (nSPS) is 11.5. The Bertz CT molecular complexity index is 640. The van der Waals surface area contributed by atoms with E-state index in [1.54, 1.807) is 12.4 Å². The fourth-order valence-corrected chi connectivity index (χ4v) is 2.46. The largest absolute Gasteiger partial charge is 0.265 e. The lowest BCUT2D eigenvalue weighted by Gasteiger charge is -1.97. The Balaban J connectivity index is 2.15. The van der Waals surface area contributed by atoms with E-state index in [-0.39, 0.29) is 0 Å². The molecule has 0 radical (unpaired) electrons. The van der Waals surface area contributed by atoms with Crippen LogP contribution in [0.2, 0.25) is 0 Å². The Morgan fingerprint density at radius 2 is 1.94 bits per heavy atom. The Morgan fingerprint density at radius 1 is 1.18 bits per heavy atom. The van der Waals surface area contributed by atoms with Gasteiger partial charge in [-0.2, -0.15) is 9.61 Å². The Labute approximate surface area is 102 Å². The first-order valence-corrected chi connectivity index (χ1v) is 6.20. The molecule has 0 aliphatic heterocycles. The van der Waals surface area contributed by atoms with Crippen LogP contribution in [0.15, 0.2) is 24.5 Å². The number of hydrogen-bond donors (Lipinski definition) is 0. The monoisotopic (exact) mass is 245 g/mol. The molecule has 3 rings (SSSR count). The summed E-state index contributed by atoms with van der Waals surface area (Å²) in [5, 5.41) is 13.8. The summed E-state index contributed by atoms with van der Waals surface area (Å²) in [4.78, 5) is 4.83. The zero-order chi connectivity index (χ0) is 11.8. The summed E-state index contributed by atoms with van der Waals surface area (Å²) in [6.07, 6.45) is 3.53. The fraction of sp³-hybridized carbons (Fsp3) is 0.273. The number of fused-ring (bicyclic) bond motifs is 1. The Morgan fingerprint density at radius 3 is 2.65 bits per heavy atom. The number of nitrogens with zero attached hydrogens (tertiary/aromatic N) is 5. The van der Waals surface area contributed by atoms with Crippen LogP contribution in [0, 0.1) is 0 Å². The third-order valence-electron chi connectivity index (χ3n) is 2.46. The minimum absolute atomic E-state index is 0.317. The standard InChI is InChI=1S/C11H11N5S/c1-7(2)9-13-14-11-16(9)15-10(17-11)8-3-5-12-6-4-8/h3-7H,1-2H3. The lowest BCUT2D eigenvalue weighted by molar-refractivity contribution is 0.727. The molecular formula is C11H11N5S. The quantitative estimate of drug-likeness (QED) is 0.695. The molecule has 3 aromatic heterocycles. The molecule has 0 fully saturated rings. The molecule has 0 saturated heterocycles. The van der Waals surface area contributed by atoms with Crippen molar-refractivity contribution in [2.45, 2.75) is 19.8 Å². The number of rotatable bonds is 2. The highest BCUT2D eigenvalue weighted by atomic mass is 32.1. The third-order valence-corrected chi connectivity index (χ3v) is 3.41. The average molecular weight is 245 g/mol. The van der Waals surface area contributed by atoms with Crippen LogP contribution in [0.5, 0.6) is 0 Å². The van der Waals surface area contributed by atoms with Crippen molar-refractivity contribution in [2.24, 2.45) is 0 Å². The van der Waals surface area contributed by atoms with E-state index in [1.165, 1.54) is 11.3 Å². The zero-order valence-electron chi connectivity index (χ0n) is 9.53. The second-order valence-corrected chi connectivity index (χ2v) is 5.01. The van der Waals surface area contributed by atoms with Crippen LogP contribution in [-0.2, 0) is 0 Å². The average Bonchev–Trinajstić information content (AvgIpc) is 2.88. The van der Waals surface area contributed by atoms with E-state index >= 15 is 0 Å². The Kier molecular flexibility index (Phi) is 2.36. The van der Waals surface area contributed by atoms with Crippen molar-refractivity contribution < 1.29 is 0 Å². The molecular weight excluding hydrogens is 234 g/mol. The number of hydrogen-bond acceptors (Lipinski definition) is 5. The molecule has 0 saturated carbocycles. The van der Waals surface area contributed by atoms with Crippen molar-refractivity contribution in [1.29, 1.82) is 0 Å². The summed E-state index contributed by atoms with van der Waals surface area (Å²) in [5.41, 5.74) is 1.06. The highest BCUT2D eigenvalue weighted by Crippen LogP contribution is 2.26. The zero-order valence-corrected chi connectivity index (χ0v) is 10.3. The summed E-state index contributed by atoms with van der Waals surface area (Å²) >= 11 is 1.54. The first kappa shape index (κ1) is 10.3. The van der Waals surface area contributed by atoms with Gasteiger partial charge in [0.25, 0.3) is 0 Å². The molecule has 0 aromatic carbocycles. The van der Waals surface area contributed by atoms with Crippen LogP contribution >= 0.6 is 11.3 Å². The van der Waals surface area contributed by atoms with Crippen molar-refractivity contribution in [2.75, 3.05) is 0 Å². The minimum Gasteiger partial charge on any atom is -0.265 e. The smallest absolute Gasteiger partial charge is 0.234 e. The third kappa shape index (κ3) is 1.70. The predicted molar refractivity (Wildman–Crippen MR) is 66.0 cm³/mol. The molecule has 0 unspecified atom stereocenters. The fourth-order valence-electron chi connectivity index (χ4n) is 1.60. The van der Waals surface area contributed by atoms with Gasteiger partial charge in [-0.15, -0.1) is 10.2 Å². The molecule has 17 heavy (non-hydrogen) atoms. The van der Waals surface area contributed by atoms with Crippen molar-refractivity contribution in [3.05, 3.63) is 30.4 Å². The van der Waals surface area contributed by atoms with Gasteiger partial charge in [-0.05, 0) is 12.1 Å². The molecule has 0 N–H and O–H groups in total. The van der Waals surface area contributed by atoms with E-state index in [0.29, 0.717) is 5.92 Å². The second kappa shape index (κ2) is 3.89. The van der Waals surface area contributed by atoms with Crippen LogP contribution in [0.4, 0.5) is 0 Å². The Hall–Kier alpha value is -1.82. The van der Waals surface area contributed by atoms with Crippen LogP contribution in [0.25, 0.3) is 15.5 Å². The van der Waals surface area contributed by atoms with Gasteiger partial charge in [0.15, 0.2) is 5.82 Å². The van der Waals surface area contributed by atoms with Gasteiger partial charge in [-0.25, -0.2) is 0 Å². The van der Waals surface area contributed by atoms with E-state index in [4.69, 9.17) is 0 Å². The van der Waals surface area contributed by atoms with Gasteiger partial charge in [-0.1, -0.05) is 25.2 Å². The highest BCUT2D eigenvalue weighted by molar-refractivity contribution is 7.19. The lowest BCUT2D eigenvalue weighted by atomic mass is 10.2. The van der Waals surface area contributed by atoms with Crippen molar-refractivity contribution in [3.8, 4) is 10.6 Å². The molecule has 0 bridgehead atoms. The first-order chi connectivity index (χ1) is 8.25. The van der Waals surface area contributed by atoms with Gasteiger partial charge in [0.1, 0.15) is 5.01 Å². The predicted octanol–water partition coefficient (Wildman–Crippen LogP) is 2.37. The number of aromatic nitrogens is 5. The van der Waals surface area contributed by atoms with E-state index in [9.17, 15) is 0 Å². The van der Waals surface area contributed by atoms with Crippen molar-refractivity contribution >= 4 is 16.3 Å². The molecule has 0 spiro atoms. The van der Waals surface area contributed by atoms with E-state index in [0.717, 1.165) is 21.4 Å². The van der Waals surface area contributed by atoms with Gasteiger partial charge in [-0.3, -0.25) is 4.98 Å². The molecule has 0 atom stereocenters. The second-order valence-electron chi connectivity index (χ2n) is 4.05. The van der Waals surface area contributed by atoms with Gasteiger partial charge in [0, 0.05) is 23.9 Å². The van der Waals surface area contributed by atoms with Gasteiger partial charge >= 0.3 is 0 Å². The molecule has 3 heterocycles. The van der Waals surface area contributed by atoms with Crippen molar-refractivity contribution in [1.82, 2.24) is 24.8 Å². The summed E-state index contributed by atoms with van der Waals surface area (Å²) < 4.78 is 1.82. The van der Waals surface area contributed by atoms with Gasteiger partial charge < -0.3 is 0 Å².